The highest BCUT2D eigenvalue weighted by Crippen LogP contribution is 2.28. The molecule has 146 valence electrons. The Kier molecular flexibility index (Phi) is 14.6. The molecule has 0 heterocycles. The average molecular weight is 379 g/mol. The van der Waals surface area contributed by atoms with Crippen LogP contribution in [-0.4, -0.2) is 43.5 Å². The van der Waals surface area contributed by atoms with Gasteiger partial charge in [-0.2, -0.15) is 0 Å². The van der Waals surface area contributed by atoms with Crippen LogP contribution < -0.4 is 0 Å². The van der Waals surface area contributed by atoms with E-state index >= 15 is 0 Å². The lowest BCUT2D eigenvalue weighted by Crippen LogP contribution is -2.43. The highest BCUT2D eigenvalue weighted by atomic mass is 28.4. The lowest BCUT2D eigenvalue weighted by atomic mass is 10.4. The van der Waals surface area contributed by atoms with Crippen LogP contribution in [0.2, 0.25) is 24.2 Å². The molecule has 0 aliphatic carbocycles. The first-order valence-corrected chi connectivity index (χ1v) is 14.6. The van der Waals surface area contributed by atoms with Crippen molar-refractivity contribution >= 4 is 17.1 Å². The Morgan fingerprint density at radius 1 is 0.458 bits per heavy atom. The molecule has 0 aromatic rings. The second kappa shape index (κ2) is 14.4. The van der Waals surface area contributed by atoms with Gasteiger partial charge < -0.3 is 17.7 Å². The highest BCUT2D eigenvalue weighted by molar-refractivity contribution is 6.68. The Bertz CT molecular complexity index is 228. The summed E-state index contributed by atoms with van der Waals surface area (Å²) in [5.41, 5.74) is 0. The standard InChI is InChI=1S/C18H42O4Si2/c1-7-15-23(19-9-3,20-10-4)17-13-14-18-24(16-8-2,21-11-5)22-12-6/h7-18H2,1-6H3. The van der Waals surface area contributed by atoms with Crippen LogP contribution in [0, 0.1) is 0 Å². The molecule has 0 spiro atoms. The normalized spacial score (nSPS) is 12.8. The van der Waals surface area contributed by atoms with E-state index in [1.807, 2.05) is 0 Å². The van der Waals surface area contributed by atoms with Crippen molar-refractivity contribution < 1.29 is 17.7 Å². The van der Waals surface area contributed by atoms with Gasteiger partial charge in [-0.05, 0) is 51.9 Å². The van der Waals surface area contributed by atoms with Gasteiger partial charge in [0.25, 0.3) is 0 Å². The first-order valence-electron chi connectivity index (χ1n) is 10.1. The van der Waals surface area contributed by atoms with Crippen LogP contribution in [0.5, 0.6) is 0 Å². The van der Waals surface area contributed by atoms with Crippen LogP contribution in [0.15, 0.2) is 0 Å². The van der Waals surface area contributed by atoms with E-state index in [1.165, 1.54) is 0 Å². The van der Waals surface area contributed by atoms with Crippen LogP contribution in [-0.2, 0) is 17.7 Å². The number of unbranched alkanes of at least 4 members (excludes halogenated alkanes) is 1. The molecule has 0 N–H and O–H groups in total. The lowest BCUT2D eigenvalue weighted by Gasteiger charge is -2.32. The zero-order chi connectivity index (χ0) is 18.3. The molecule has 0 aliphatic heterocycles. The van der Waals surface area contributed by atoms with Crippen molar-refractivity contribution in [2.75, 3.05) is 26.4 Å². The topological polar surface area (TPSA) is 36.9 Å². The van der Waals surface area contributed by atoms with Gasteiger partial charge in [0.2, 0.25) is 0 Å². The van der Waals surface area contributed by atoms with Crippen molar-refractivity contribution in [1.29, 1.82) is 0 Å². The van der Waals surface area contributed by atoms with Gasteiger partial charge in [-0.25, -0.2) is 0 Å². The molecule has 0 aliphatic rings. The molecule has 0 amide bonds. The minimum Gasteiger partial charge on any atom is -0.394 e. The molecule has 0 radical (unpaired) electrons. The summed E-state index contributed by atoms with van der Waals surface area (Å²) >= 11 is 0. The van der Waals surface area contributed by atoms with Crippen LogP contribution in [0.25, 0.3) is 0 Å². The van der Waals surface area contributed by atoms with E-state index in [0.29, 0.717) is 0 Å². The van der Waals surface area contributed by atoms with Crippen LogP contribution in [0.4, 0.5) is 0 Å². The SMILES string of the molecule is CCC[Si](CCCC[Si](CCC)(OCC)OCC)(OCC)OCC. The predicted molar refractivity (Wildman–Crippen MR) is 107 cm³/mol. The number of rotatable bonds is 17. The van der Waals surface area contributed by atoms with Gasteiger partial charge in [-0.3, -0.25) is 0 Å². The van der Waals surface area contributed by atoms with E-state index in [1.54, 1.807) is 0 Å². The van der Waals surface area contributed by atoms with Crippen LogP contribution >= 0.6 is 0 Å². The fourth-order valence-corrected chi connectivity index (χ4v) is 10.5. The third kappa shape index (κ3) is 9.10. The van der Waals surface area contributed by atoms with E-state index < -0.39 is 17.1 Å². The summed E-state index contributed by atoms with van der Waals surface area (Å²) in [4.78, 5) is 0. The van der Waals surface area contributed by atoms with E-state index in [-0.39, 0.29) is 0 Å². The fourth-order valence-electron chi connectivity index (χ4n) is 3.51. The average Bonchev–Trinajstić information content (AvgIpc) is 2.53. The largest absolute Gasteiger partial charge is 0.394 e. The first kappa shape index (κ1) is 24.3. The molecule has 0 unspecified atom stereocenters. The van der Waals surface area contributed by atoms with Crippen molar-refractivity contribution in [2.45, 2.75) is 91.4 Å². The van der Waals surface area contributed by atoms with Crippen LogP contribution in [0.1, 0.15) is 67.2 Å². The molecule has 0 saturated heterocycles. The maximum absolute atomic E-state index is 6.15. The fraction of sp³-hybridized carbons (Fsp3) is 1.00. The second-order valence-electron chi connectivity index (χ2n) is 6.26. The molecule has 0 aromatic heterocycles. The van der Waals surface area contributed by atoms with Crippen molar-refractivity contribution in [2.24, 2.45) is 0 Å². The molecule has 6 heteroatoms. The summed E-state index contributed by atoms with van der Waals surface area (Å²) in [6.07, 6.45) is 4.59. The summed E-state index contributed by atoms with van der Waals surface area (Å²) in [6.45, 7) is 15.8. The molecule has 0 aromatic carbocycles. The molecular weight excluding hydrogens is 336 g/mol. The van der Waals surface area contributed by atoms with E-state index in [4.69, 9.17) is 17.7 Å². The summed E-state index contributed by atoms with van der Waals surface area (Å²) in [5.74, 6) is 0. The highest BCUT2D eigenvalue weighted by Gasteiger charge is 2.38. The minimum absolute atomic E-state index is 0.763. The van der Waals surface area contributed by atoms with E-state index in [0.717, 1.165) is 76.3 Å². The van der Waals surface area contributed by atoms with E-state index in [2.05, 4.69) is 41.5 Å². The third-order valence-electron chi connectivity index (χ3n) is 4.26. The number of hydrogen-bond acceptors (Lipinski definition) is 4. The van der Waals surface area contributed by atoms with Crippen molar-refractivity contribution in [1.82, 2.24) is 0 Å². The summed E-state index contributed by atoms with van der Waals surface area (Å²) in [5, 5.41) is 0. The Morgan fingerprint density at radius 3 is 0.958 bits per heavy atom. The molecule has 0 bridgehead atoms. The van der Waals surface area contributed by atoms with Crippen molar-refractivity contribution in [3.8, 4) is 0 Å². The van der Waals surface area contributed by atoms with Crippen LogP contribution in [0.3, 0.4) is 0 Å². The summed E-state index contributed by atoms with van der Waals surface area (Å²) < 4.78 is 24.6. The summed E-state index contributed by atoms with van der Waals surface area (Å²) in [7, 11) is -4.03. The zero-order valence-electron chi connectivity index (χ0n) is 17.1. The lowest BCUT2D eigenvalue weighted by molar-refractivity contribution is 0.176. The molecule has 4 nitrogen and oxygen atoms in total. The Labute approximate surface area is 153 Å². The van der Waals surface area contributed by atoms with Gasteiger partial charge in [0.1, 0.15) is 0 Å². The van der Waals surface area contributed by atoms with Gasteiger partial charge in [-0.1, -0.05) is 39.5 Å². The molecule has 0 fully saturated rings. The molecule has 0 rings (SSSR count). The summed E-state index contributed by atoms with van der Waals surface area (Å²) in [6, 6.07) is 4.39. The smallest absolute Gasteiger partial charge is 0.338 e. The molecular formula is C18H42O4Si2. The maximum atomic E-state index is 6.15. The van der Waals surface area contributed by atoms with E-state index in [9.17, 15) is 0 Å². The Morgan fingerprint density at radius 2 is 0.750 bits per heavy atom. The van der Waals surface area contributed by atoms with Crippen molar-refractivity contribution in [3.63, 3.8) is 0 Å². The minimum atomic E-state index is -2.01. The number of hydrogen-bond donors (Lipinski definition) is 0. The predicted octanol–water partition coefficient (Wildman–Crippen LogP) is 5.62. The van der Waals surface area contributed by atoms with Gasteiger partial charge in [0.05, 0.1) is 0 Å². The molecule has 24 heavy (non-hydrogen) atoms. The molecule has 0 atom stereocenters. The zero-order valence-corrected chi connectivity index (χ0v) is 19.1. The second-order valence-corrected chi connectivity index (χ2v) is 13.1. The molecule has 0 saturated carbocycles. The third-order valence-corrected chi connectivity index (χ3v) is 12.3. The van der Waals surface area contributed by atoms with Gasteiger partial charge in [0.15, 0.2) is 0 Å². The van der Waals surface area contributed by atoms with Gasteiger partial charge >= 0.3 is 17.1 Å². The Balaban J connectivity index is 4.64. The van der Waals surface area contributed by atoms with Gasteiger partial charge in [-0.15, -0.1) is 0 Å². The first-order chi connectivity index (χ1) is 11.6. The van der Waals surface area contributed by atoms with Gasteiger partial charge in [0, 0.05) is 26.4 Å². The quantitative estimate of drug-likeness (QED) is 0.243. The Hall–Kier alpha value is 0.274. The monoisotopic (exact) mass is 378 g/mol. The van der Waals surface area contributed by atoms with Crippen molar-refractivity contribution in [3.05, 3.63) is 0 Å². The maximum Gasteiger partial charge on any atom is 0.338 e.